The minimum atomic E-state index is -1.10. The largest absolute Gasteiger partial charge is 0.0996 e. The van der Waals surface area contributed by atoms with Crippen LogP contribution in [0, 0.1) is 0 Å². The summed E-state index contributed by atoms with van der Waals surface area (Å²) in [4.78, 5) is 0. The van der Waals surface area contributed by atoms with E-state index in [2.05, 4.69) is 25.7 Å². The Kier molecular flexibility index (Phi) is 3.20. The third-order valence-corrected chi connectivity index (χ3v) is 7.15. The number of hydrogen-bond acceptors (Lipinski definition) is 0. The third kappa shape index (κ3) is 2.12. The summed E-state index contributed by atoms with van der Waals surface area (Å²) in [6.07, 6.45) is 9.76. The van der Waals surface area contributed by atoms with Crippen molar-refractivity contribution in [3.05, 3.63) is 22.0 Å². The van der Waals surface area contributed by atoms with Crippen LogP contribution in [-0.2, 0) is 0 Å². The predicted octanol–water partition coefficient (Wildman–Crippen LogP) is 4.77. The summed E-state index contributed by atoms with van der Waals surface area (Å²) >= 11 is 0. The van der Waals surface area contributed by atoms with Gasteiger partial charge in [0.1, 0.15) is 0 Å². The fraction of sp³-hybridized carbons (Fsp3) is 0.714. The summed E-state index contributed by atoms with van der Waals surface area (Å²) in [5.74, 6) is 0. The van der Waals surface area contributed by atoms with E-state index in [1.807, 2.05) is 10.8 Å². The zero-order valence-electron chi connectivity index (χ0n) is 10.5. The molecule has 1 heterocycles. The normalized spacial score (nSPS) is 24.1. The van der Waals surface area contributed by atoms with Gasteiger partial charge in [-0.1, -0.05) is 42.9 Å². The minimum absolute atomic E-state index is 1.10. The molecule has 0 aromatic rings. The number of unbranched alkanes of at least 4 members (excludes halogenated alkanes) is 1. The number of hydrogen-bond donors (Lipinski definition) is 0. The predicted molar refractivity (Wildman–Crippen MR) is 70.6 cm³/mol. The highest BCUT2D eigenvalue weighted by Crippen LogP contribution is 2.42. The van der Waals surface area contributed by atoms with Crippen LogP contribution >= 0.6 is 0 Å². The average Bonchev–Trinajstić information content (AvgIpc) is 2.49. The molecule has 0 radical (unpaired) electrons. The quantitative estimate of drug-likeness (QED) is 0.601. The maximum absolute atomic E-state index is 2.69. The van der Waals surface area contributed by atoms with E-state index in [0.717, 1.165) is 0 Å². The zero-order valence-corrected chi connectivity index (χ0v) is 11.5. The molecule has 0 aromatic heterocycles. The highest BCUT2D eigenvalue weighted by molar-refractivity contribution is 6.89. The number of rotatable bonds is 3. The molecule has 84 valence electrons. The van der Waals surface area contributed by atoms with E-state index < -0.39 is 8.07 Å². The first kappa shape index (κ1) is 11.2. The zero-order chi connectivity index (χ0) is 10.9. The Morgan fingerprint density at radius 1 is 1.20 bits per heavy atom. The van der Waals surface area contributed by atoms with Gasteiger partial charge in [0.15, 0.2) is 0 Å². The van der Waals surface area contributed by atoms with Gasteiger partial charge in [0, 0.05) is 0 Å². The average molecular weight is 220 g/mol. The lowest BCUT2D eigenvalue weighted by Gasteiger charge is -2.23. The molecule has 0 fully saturated rings. The fourth-order valence-corrected chi connectivity index (χ4v) is 6.42. The molecule has 1 heteroatoms. The molecule has 0 bridgehead atoms. The summed E-state index contributed by atoms with van der Waals surface area (Å²) in [6, 6.07) is 0. The summed E-state index contributed by atoms with van der Waals surface area (Å²) in [6.45, 7) is 7.37. The molecule has 15 heavy (non-hydrogen) atoms. The van der Waals surface area contributed by atoms with Gasteiger partial charge >= 0.3 is 0 Å². The molecule has 0 nitrogen and oxygen atoms in total. The van der Waals surface area contributed by atoms with Crippen LogP contribution in [0.5, 0.6) is 0 Å². The van der Waals surface area contributed by atoms with Crippen LogP contribution in [0.15, 0.2) is 22.0 Å². The van der Waals surface area contributed by atoms with Crippen molar-refractivity contribution >= 4 is 8.07 Å². The second kappa shape index (κ2) is 4.29. The van der Waals surface area contributed by atoms with Gasteiger partial charge < -0.3 is 0 Å². The highest BCUT2D eigenvalue weighted by atomic mass is 28.3. The lowest BCUT2D eigenvalue weighted by molar-refractivity contribution is 0.685. The lowest BCUT2D eigenvalue weighted by Crippen LogP contribution is -2.25. The molecule has 0 N–H and O–H groups in total. The van der Waals surface area contributed by atoms with Gasteiger partial charge in [0.25, 0.3) is 0 Å². The van der Waals surface area contributed by atoms with E-state index in [1.165, 1.54) is 44.9 Å². The first-order chi connectivity index (χ1) is 7.15. The molecule has 0 amide bonds. The van der Waals surface area contributed by atoms with E-state index in [4.69, 9.17) is 0 Å². The first-order valence-corrected chi connectivity index (χ1v) is 9.67. The Balaban J connectivity index is 2.21. The lowest BCUT2D eigenvalue weighted by atomic mass is 9.92. The van der Waals surface area contributed by atoms with Crippen LogP contribution in [-0.4, -0.2) is 8.07 Å². The van der Waals surface area contributed by atoms with Crippen molar-refractivity contribution in [2.75, 3.05) is 0 Å². The standard InChI is InChI=1S/C14H24Si/c1-4-5-8-12-11-15(2,3)14-10-7-6-9-13(12)14/h11H,4-10H2,1-3H3. The summed E-state index contributed by atoms with van der Waals surface area (Å²) < 4.78 is 0. The van der Waals surface area contributed by atoms with Crippen LogP contribution in [0.1, 0.15) is 51.9 Å². The second-order valence-corrected chi connectivity index (χ2v) is 9.99. The smallest absolute Gasteiger partial charge is 0.0871 e. The maximum Gasteiger partial charge on any atom is 0.0996 e. The van der Waals surface area contributed by atoms with Crippen molar-refractivity contribution in [1.29, 1.82) is 0 Å². The van der Waals surface area contributed by atoms with E-state index in [0.29, 0.717) is 0 Å². The molecular weight excluding hydrogens is 196 g/mol. The van der Waals surface area contributed by atoms with Crippen molar-refractivity contribution in [1.82, 2.24) is 0 Å². The topological polar surface area (TPSA) is 0 Å². The summed E-state index contributed by atoms with van der Waals surface area (Å²) in [5, 5.41) is 1.90. The monoisotopic (exact) mass is 220 g/mol. The Labute approximate surface area is 95.5 Å². The fourth-order valence-electron chi connectivity index (χ4n) is 3.17. The van der Waals surface area contributed by atoms with E-state index >= 15 is 0 Å². The molecule has 0 unspecified atom stereocenters. The van der Waals surface area contributed by atoms with Gasteiger partial charge in [-0.3, -0.25) is 0 Å². The Morgan fingerprint density at radius 3 is 2.67 bits per heavy atom. The molecule has 0 aromatic carbocycles. The second-order valence-electron chi connectivity index (χ2n) is 5.66. The first-order valence-electron chi connectivity index (χ1n) is 6.60. The molecular formula is C14H24Si. The van der Waals surface area contributed by atoms with Gasteiger partial charge in [-0.05, 0) is 44.1 Å². The molecule has 2 aliphatic rings. The van der Waals surface area contributed by atoms with E-state index in [9.17, 15) is 0 Å². The SMILES string of the molecule is CCCCC1=C[Si](C)(C)C2=C1CCCC2. The van der Waals surface area contributed by atoms with Crippen molar-refractivity contribution in [3.8, 4) is 0 Å². The van der Waals surface area contributed by atoms with E-state index in [-0.39, 0.29) is 0 Å². The molecule has 1 aliphatic heterocycles. The maximum atomic E-state index is 2.69. The molecule has 0 saturated heterocycles. The van der Waals surface area contributed by atoms with Crippen molar-refractivity contribution in [2.45, 2.75) is 65.0 Å². The van der Waals surface area contributed by atoms with Crippen molar-refractivity contribution in [2.24, 2.45) is 0 Å². The van der Waals surface area contributed by atoms with E-state index in [1.54, 1.807) is 5.57 Å². The van der Waals surface area contributed by atoms with Crippen LogP contribution in [0.3, 0.4) is 0 Å². The Morgan fingerprint density at radius 2 is 1.93 bits per heavy atom. The summed E-state index contributed by atoms with van der Waals surface area (Å²) in [5.41, 5.74) is 6.26. The van der Waals surface area contributed by atoms with Gasteiger partial charge in [0.05, 0.1) is 8.07 Å². The van der Waals surface area contributed by atoms with Gasteiger partial charge in [-0.2, -0.15) is 0 Å². The van der Waals surface area contributed by atoms with Gasteiger partial charge in [0.2, 0.25) is 0 Å². The van der Waals surface area contributed by atoms with Crippen LogP contribution in [0.25, 0.3) is 0 Å². The van der Waals surface area contributed by atoms with Gasteiger partial charge in [-0.25, -0.2) is 0 Å². The molecule has 2 rings (SSSR count). The highest BCUT2D eigenvalue weighted by Gasteiger charge is 2.34. The summed E-state index contributed by atoms with van der Waals surface area (Å²) in [7, 11) is -1.10. The Hall–Kier alpha value is -0.303. The molecule has 1 aliphatic carbocycles. The Bertz CT molecular complexity index is 307. The molecule has 0 atom stereocenters. The number of allylic oxidation sites excluding steroid dienone is 3. The minimum Gasteiger partial charge on any atom is -0.0871 e. The van der Waals surface area contributed by atoms with Gasteiger partial charge in [-0.15, -0.1) is 0 Å². The van der Waals surface area contributed by atoms with Crippen LogP contribution in [0.4, 0.5) is 0 Å². The third-order valence-electron chi connectivity index (χ3n) is 3.97. The van der Waals surface area contributed by atoms with Crippen LogP contribution in [0.2, 0.25) is 13.1 Å². The van der Waals surface area contributed by atoms with Crippen molar-refractivity contribution in [3.63, 3.8) is 0 Å². The van der Waals surface area contributed by atoms with Crippen LogP contribution < -0.4 is 0 Å². The van der Waals surface area contributed by atoms with Crippen molar-refractivity contribution < 1.29 is 0 Å². The molecule has 0 saturated carbocycles. The molecule has 0 spiro atoms.